The average molecular weight is 625 g/mol. The number of ether oxygens (including phenoxy) is 2. The molecule has 2 amide bonds. The van der Waals surface area contributed by atoms with Crippen LogP contribution in [0.15, 0.2) is 42.6 Å². The van der Waals surface area contributed by atoms with Gasteiger partial charge in [-0.2, -0.15) is 18.2 Å². The molecule has 1 unspecified atom stereocenters. The first-order valence-electron chi connectivity index (χ1n) is 14.8. The molecular formula is C32H35F3N6O4. The summed E-state index contributed by atoms with van der Waals surface area (Å²) in [5.74, 6) is -1.31. The third-order valence-corrected chi connectivity index (χ3v) is 9.34. The third kappa shape index (κ3) is 5.88. The minimum atomic E-state index is -4.82. The van der Waals surface area contributed by atoms with Crippen LogP contribution in [0.25, 0.3) is 0 Å². The lowest BCUT2D eigenvalue weighted by molar-refractivity contribution is -0.139. The fourth-order valence-electron chi connectivity index (χ4n) is 6.49. The van der Waals surface area contributed by atoms with Gasteiger partial charge in [-0.3, -0.25) is 9.59 Å². The van der Waals surface area contributed by atoms with Crippen molar-refractivity contribution in [3.63, 3.8) is 0 Å². The van der Waals surface area contributed by atoms with Gasteiger partial charge < -0.3 is 29.9 Å². The SMILES string of the molecule is COc1cc(C(=O)NC2CC3(CCN(C)CC3)C2)ccc1Nc1ncc(C(F)(F)F)c(Oc2cccc3c2C(=O)N(C)C3C)n1. The number of carbonyl (C=O) groups is 2. The van der Waals surface area contributed by atoms with Gasteiger partial charge in [-0.1, -0.05) is 12.1 Å². The van der Waals surface area contributed by atoms with Gasteiger partial charge in [-0.15, -0.1) is 0 Å². The monoisotopic (exact) mass is 624 g/mol. The second-order valence-corrected chi connectivity index (χ2v) is 12.2. The minimum absolute atomic E-state index is 0.0370. The van der Waals surface area contributed by atoms with Crippen LogP contribution in [0, 0.1) is 5.41 Å². The number of piperidine rings is 1. The maximum atomic E-state index is 13.9. The van der Waals surface area contributed by atoms with Gasteiger partial charge in [0, 0.05) is 24.8 Å². The number of nitrogens with zero attached hydrogens (tertiary/aromatic N) is 4. The molecule has 1 atom stereocenters. The van der Waals surface area contributed by atoms with Crippen LogP contribution in [0.3, 0.4) is 0 Å². The molecule has 45 heavy (non-hydrogen) atoms. The van der Waals surface area contributed by atoms with E-state index in [4.69, 9.17) is 9.47 Å². The number of hydrogen-bond donors (Lipinski definition) is 2. The lowest BCUT2D eigenvalue weighted by Gasteiger charge is -2.52. The fraction of sp³-hybridized carbons (Fsp3) is 0.438. The topological polar surface area (TPSA) is 109 Å². The van der Waals surface area contributed by atoms with Crippen LogP contribution in [0.4, 0.5) is 24.8 Å². The Hall–Kier alpha value is -4.39. The van der Waals surface area contributed by atoms with Crippen molar-refractivity contribution in [2.24, 2.45) is 5.41 Å². The molecule has 2 fully saturated rings. The number of amides is 2. The molecule has 0 bridgehead atoms. The van der Waals surface area contributed by atoms with Crippen molar-refractivity contribution in [2.75, 3.05) is 39.6 Å². The van der Waals surface area contributed by atoms with E-state index in [0.717, 1.165) is 38.8 Å². The third-order valence-electron chi connectivity index (χ3n) is 9.34. The molecule has 3 aromatic rings. The molecule has 238 valence electrons. The first-order chi connectivity index (χ1) is 21.4. The molecule has 3 heterocycles. The Morgan fingerprint density at radius 1 is 1.09 bits per heavy atom. The Morgan fingerprint density at radius 2 is 1.82 bits per heavy atom. The molecule has 1 saturated heterocycles. The number of methoxy groups -OCH3 is 1. The number of fused-ring (bicyclic) bond motifs is 1. The fourth-order valence-corrected chi connectivity index (χ4v) is 6.49. The maximum absolute atomic E-state index is 13.9. The summed E-state index contributed by atoms with van der Waals surface area (Å²) < 4.78 is 53.0. The Morgan fingerprint density at radius 3 is 2.51 bits per heavy atom. The van der Waals surface area contributed by atoms with E-state index in [-0.39, 0.29) is 46.9 Å². The van der Waals surface area contributed by atoms with E-state index in [0.29, 0.717) is 28.4 Å². The van der Waals surface area contributed by atoms with Gasteiger partial charge in [-0.05, 0) is 88.0 Å². The van der Waals surface area contributed by atoms with Crippen LogP contribution < -0.4 is 20.1 Å². The smallest absolute Gasteiger partial charge is 0.423 e. The molecule has 1 aromatic heterocycles. The standard InChI is InChI=1S/C32H35F3N6O4/c1-18-21-6-5-7-24(26(21)29(43)41(18)3)45-28-22(32(33,34)35)17-36-30(39-28)38-23-9-8-19(14-25(23)44-4)27(42)37-20-15-31(16-20)10-12-40(2)13-11-31/h5-9,14,17-18,20H,10-13,15-16H2,1-4H3,(H,37,42)(H,36,38,39). The highest BCUT2D eigenvalue weighted by atomic mass is 19.4. The number of aromatic nitrogens is 2. The molecule has 2 aromatic carbocycles. The van der Waals surface area contributed by atoms with Crippen molar-refractivity contribution in [3.8, 4) is 17.4 Å². The van der Waals surface area contributed by atoms with Crippen LogP contribution >= 0.6 is 0 Å². The van der Waals surface area contributed by atoms with E-state index < -0.39 is 17.6 Å². The van der Waals surface area contributed by atoms with Crippen LogP contribution in [0.5, 0.6) is 17.4 Å². The molecule has 0 radical (unpaired) electrons. The van der Waals surface area contributed by atoms with Crippen molar-refractivity contribution in [2.45, 2.75) is 50.9 Å². The second kappa shape index (κ2) is 11.5. The molecule has 1 spiro atoms. The Kier molecular flexibility index (Phi) is 7.84. The second-order valence-electron chi connectivity index (χ2n) is 12.2. The zero-order chi connectivity index (χ0) is 32.1. The minimum Gasteiger partial charge on any atom is -0.495 e. The summed E-state index contributed by atoms with van der Waals surface area (Å²) >= 11 is 0. The summed E-state index contributed by atoms with van der Waals surface area (Å²) in [6.45, 7) is 3.98. The molecule has 1 aliphatic carbocycles. The molecule has 6 rings (SSSR count). The quantitative estimate of drug-likeness (QED) is 0.340. The maximum Gasteiger partial charge on any atom is 0.423 e. The van der Waals surface area contributed by atoms with E-state index in [2.05, 4.69) is 32.5 Å². The molecule has 1 saturated carbocycles. The van der Waals surface area contributed by atoms with E-state index in [1.54, 1.807) is 37.4 Å². The number of nitrogens with one attached hydrogen (secondary N) is 2. The summed E-state index contributed by atoms with van der Waals surface area (Å²) in [5.41, 5.74) is 0.682. The van der Waals surface area contributed by atoms with Gasteiger partial charge in [-0.25, -0.2) is 4.98 Å². The van der Waals surface area contributed by atoms with Crippen molar-refractivity contribution >= 4 is 23.5 Å². The largest absolute Gasteiger partial charge is 0.495 e. The van der Waals surface area contributed by atoms with Crippen molar-refractivity contribution in [1.82, 2.24) is 25.1 Å². The normalized spacial score (nSPS) is 19.7. The van der Waals surface area contributed by atoms with Gasteiger partial charge >= 0.3 is 6.18 Å². The Labute approximate surface area is 258 Å². The number of halogens is 3. The number of carbonyl (C=O) groups excluding carboxylic acids is 2. The lowest BCUT2D eigenvalue weighted by atomic mass is 9.60. The average Bonchev–Trinajstić information content (AvgIpc) is 3.21. The van der Waals surface area contributed by atoms with Gasteiger partial charge in [0.05, 0.1) is 24.4 Å². The van der Waals surface area contributed by atoms with Gasteiger partial charge in [0.1, 0.15) is 17.1 Å². The highest BCUT2D eigenvalue weighted by molar-refractivity contribution is 6.01. The Bertz CT molecular complexity index is 1630. The molecule has 13 heteroatoms. The summed E-state index contributed by atoms with van der Waals surface area (Å²) in [7, 11) is 5.17. The van der Waals surface area contributed by atoms with Crippen molar-refractivity contribution in [1.29, 1.82) is 0 Å². The zero-order valence-electron chi connectivity index (χ0n) is 25.5. The van der Waals surface area contributed by atoms with Crippen LogP contribution in [0.2, 0.25) is 0 Å². The highest BCUT2D eigenvalue weighted by Gasteiger charge is 2.46. The predicted octanol–water partition coefficient (Wildman–Crippen LogP) is 5.79. The van der Waals surface area contributed by atoms with Crippen LogP contribution in [0.1, 0.15) is 70.5 Å². The zero-order valence-corrected chi connectivity index (χ0v) is 25.5. The van der Waals surface area contributed by atoms with Crippen molar-refractivity contribution in [3.05, 3.63) is 64.8 Å². The number of alkyl halides is 3. The molecule has 2 N–H and O–H groups in total. The summed E-state index contributed by atoms with van der Waals surface area (Å²) in [5, 5.41) is 5.98. The molecule has 10 nitrogen and oxygen atoms in total. The number of likely N-dealkylation sites (tertiary alicyclic amines) is 1. The van der Waals surface area contributed by atoms with E-state index in [1.165, 1.54) is 18.1 Å². The van der Waals surface area contributed by atoms with Gasteiger partial charge in [0.25, 0.3) is 11.8 Å². The number of anilines is 2. The number of benzene rings is 2. The number of rotatable bonds is 7. The van der Waals surface area contributed by atoms with Crippen molar-refractivity contribution < 1.29 is 32.2 Å². The highest BCUT2D eigenvalue weighted by Crippen LogP contribution is 2.49. The Balaban J connectivity index is 1.20. The first-order valence-corrected chi connectivity index (χ1v) is 14.8. The van der Waals surface area contributed by atoms with Crippen LogP contribution in [-0.2, 0) is 6.18 Å². The molecule has 2 aliphatic heterocycles. The van der Waals surface area contributed by atoms with E-state index >= 15 is 0 Å². The van der Waals surface area contributed by atoms with E-state index in [9.17, 15) is 22.8 Å². The van der Waals surface area contributed by atoms with E-state index in [1.807, 2.05) is 6.92 Å². The predicted molar refractivity (Wildman–Crippen MR) is 160 cm³/mol. The lowest BCUT2D eigenvalue weighted by Crippen LogP contribution is -2.54. The molecule has 3 aliphatic rings. The van der Waals surface area contributed by atoms with Gasteiger partial charge in [0.2, 0.25) is 11.8 Å². The van der Waals surface area contributed by atoms with Crippen LogP contribution in [-0.4, -0.2) is 71.9 Å². The van der Waals surface area contributed by atoms with Gasteiger partial charge in [0.15, 0.2) is 0 Å². The summed E-state index contributed by atoms with van der Waals surface area (Å²) in [6.07, 6.45) is 0.0218. The number of hydrogen-bond acceptors (Lipinski definition) is 8. The first kappa shape index (κ1) is 30.6. The molecular weight excluding hydrogens is 589 g/mol. The summed E-state index contributed by atoms with van der Waals surface area (Å²) in [6, 6.07) is 9.38. The summed E-state index contributed by atoms with van der Waals surface area (Å²) in [4.78, 5) is 37.6.